The third-order valence-corrected chi connectivity index (χ3v) is 2.95. The topological polar surface area (TPSA) is 56.5 Å². The van der Waals surface area contributed by atoms with Crippen LogP contribution in [-0.4, -0.2) is 18.4 Å². The second kappa shape index (κ2) is 5.32. The smallest absolute Gasteiger partial charge is 0.165 e. The predicted molar refractivity (Wildman–Crippen MR) is 69.2 cm³/mol. The molecule has 1 aliphatic rings. The summed E-state index contributed by atoms with van der Waals surface area (Å²) in [5.74, 6) is 2.49. The fourth-order valence-corrected chi connectivity index (χ4v) is 2.10. The lowest BCUT2D eigenvalue weighted by molar-refractivity contribution is 0.169. The Bertz CT molecular complexity index is 566. The molecule has 19 heavy (non-hydrogen) atoms. The van der Waals surface area contributed by atoms with Crippen LogP contribution >= 0.6 is 0 Å². The molecule has 0 atom stereocenters. The molecule has 1 aromatic carbocycles. The van der Waals surface area contributed by atoms with Gasteiger partial charge in [-0.25, -0.2) is 0 Å². The van der Waals surface area contributed by atoms with Gasteiger partial charge >= 0.3 is 0 Å². The second-order valence-corrected chi connectivity index (χ2v) is 4.47. The normalized spacial score (nSPS) is 13.5. The molecule has 0 aliphatic carbocycles. The lowest BCUT2D eigenvalue weighted by Crippen LogP contribution is -2.19. The number of hydrogen-bond donors (Lipinski definition) is 1. The molecule has 0 saturated heterocycles. The van der Waals surface area contributed by atoms with E-state index in [0.29, 0.717) is 26.3 Å². The largest absolute Gasteiger partial charge is 0.486 e. The van der Waals surface area contributed by atoms with Gasteiger partial charge in [0.05, 0.1) is 5.69 Å². The van der Waals surface area contributed by atoms with Crippen LogP contribution in [-0.2, 0) is 13.1 Å². The highest BCUT2D eigenvalue weighted by atomic mass is 16.6. The van der Waals surface area contributed by atoms with E-state index in [2.05, 4.69) is 10.5 Å². The molecule has 5 nitrogen and oxygen atoms in total. The van der Waals surface area contributed by atoms with Crippen molar-refractivity contribution in [2.75, 3.05) is 13.2 Å². The van der Waals surface area contributed by atoms with Gasteiger partial charge < -0.3 is 19.3 Å². The lowest BCUT2D eigenvalue weighted by atomic mass is 10.1. The van der Waals surface area contributed by atoms with Gasteiger partial charge in [0.2, 0.25) is 0 Å². The van der Waals surface area contributed by atoms with E-state index in [1.54, 1.807) is 0 Å². The average molecular weight is 260 g/mol. The van der Waals surface area contributed by atoms with Crippen molar-refractivity contribution in [2.45, 2.75) is 20.0 Å². The van der Waals surface area contributed by atoms with Crippen molar-refractivity contribution < 1.29 is 14.0 Å². The monoisotopic (exact) mass is 260 g/mol. The Morgan fingerprint density at radius 1 is 1.21 bits per heavy atom. The summed E-state index contributed by atoms with van der Waals surface area (Å²) in [5, 5.41) is 7.26. The standard InChI is InChI=1S/C14H16N2O3/c1-10-7-12(16-19-10)9-15-8-11-3-2-4-13-14(11)18-6-5-17-13/h2-4,7,15H,5-6,8-9H2,1H3. The fourth-order valence-electron chi connectivity index (χ4n) is 2.10. The first-order valence-electron chi connectivity index (χ1n) is 6.33. The maximum atomic E-state index is 5.66. The Morgan fingerprint density at radius 3 is 2.95 bits per heavy atom. The molecule has 1 aliphatic heterocycles. The first-order valence-corrected chi connectivity index (χ1v) is 6.33. The van der Waals surface area contributed by atoms with Crippen molar-refractivity contribution in [3.05, 3.63) is 41.3 Å². The molecule has 1 aromatic heterocycles. The zero-order valence-electron chi connectivity index (χ0n) is 10.8. The summed E-state index contributed by atoms with van der Waals surface area (Å²) in [6, 6.07) is 7.87. The molecular weight excluding hydrogens is 244 g/mol. The van der Waals surface area contributed by atoms with Crippen LogP contribution < -0.4 is 14.8 Å². The van der Waals surface area contributed by atoms with E-state index in [9.17, 15) is 0 Å². The van der Waals surface area contributed by atoms with Crippen LogP contribution in [0.15, 0.2) is 28.8 Å². The number of fused-ring (bicyclic) bond motifs is 1. The lowest BCUT2D eigenvalue weighted by Gasteiger charge is -2.21. The van der Waals surface area contributed by atoms with Crippen LogP contribution in [0.1, 0.15) is 17.0 Å². The highest BCUT2D eigenvalue weighted by molar-refractivity contribution is 5.47. The van der Waals surface area contributed by atoms with E-state index < -0.39 is 0 Å². The maximum absolute atomic E-state index is 5.66. The van der Waals surface area contributed by atoms with E-state index in [1.165, 1.54) is 0 Å². The quantitative estimate of drug-likeness (QED) is 0.911. The van der Waals surface area contributed by atoms with Gasteiger partial charge in [-0.2, -0.15) is 0 Å². The number of rotatable bonds is 4. The van der Waals surface area contributed by atoms with Crippen molar-refractivity contribution in [1.29, 1.82) is 0 Å². The number of ether oxygens (including phenoxy) is 2. The Balaban J connectivity index is 1.64. The van der Waals surface area contributed by atoms with E-state index in [1.807, 2.05) is 31.2 Å². The summed E-state index contributed by atoms with van der Waals surface area (Å²) < 4.78 is 16.2. The molecule has 0 bridgehead atoms. The Kier molecular flexibility index (Phi) is 3.37. The number of benzene rings is 1. The summed E-state index contributed by atoms with van der Waals surface area (Å²) in [4.78, 5) is 0. The number of nitrogens with one attached hydrogen (secondary N) is 1. The molecule has 2 aromatic rings. The molecule has 0 saturated carbocycles. The zero-order valence-corrected chi connectivity index (χ0v) is 10.8. The summed E-state index contributed by atoms with van der Waals surface area (Å²) >= 11 is 0. The maximum Gasteiger partial charge on any atom is 0.165 e. The summed E-state index contributed by atoms with van der Waals surface area (Å²) in [5.41, 5.74) is 2.00. The molecule has 0 amide bonds. The molecule has 0 fully saturated rings. The molecule has 1 N–H and O–H groups in total. The Hall–Kier alpha value is -2.01. The molecule has 0 spiro atoms. The minimum atomic E-state index is 0.604. The third-order valence-electron chi connectivity index (χ3n) is 2.95. The second-order valence-electron chi connectivity index (χ2n) is 4.47. The molecule has 2 heterocycles. The van der Waals surface area contributed by atoms with Crippen LogP contribution in [0.4, 0.5) is 0 Å². The van der Waals surface area contributed by atoms with Gasteiger partial charge in [-0.15, -0.1) is 0 Å². The first-order chi connectivity index (χ1) is 9.33. The van der Waals surface area contributed by atoms with Gasteiger partial charge in [0.1, 0.15) is 19.0 Å². The summed E-state index contributed by atoms with van der Waals surface area (Å²) in [6.07, 6.45) is 0. The van der Waals surface area contributed by atoms with Crippen molar-refractivity contribution in [3.8, 4) is 11.5 Å². The first kappa shape index (κ1) is 12.0. The van der Waals surface area contributed by atoms with Crippen LogP contribution in [0, 0.1) is 6.92 Å². The molecular formula is C14H16N2O3. The predicted octanol–water partition coefficient (Wildman–Crippen LogP) is 2.04. The zero-order chi connectivity index (χ0) is 13.1. The number of nitrogens with zero attached hydrogens (tertiary/aromatic N) is 1. The highest BCUT2D eigenvalue weighted by Crippen LogP contribution is 2.33. The summed E-state index contributed by atoms with van der Waals surface area (Å²) in [6.45, 7) is 4.48. The Morgan fingerprint density at radius 2 is 2.11 bits per heavy atom. The average Bonchev–Trinajstić information content (AvgIpc) is 2.85. The number of aryl methyl sites for hydroxylation is 1. The van der Waals surface area contributed by atoms with Crippen molar-refractivity contribution in [1.82, 2.24) is 10.5 Å². The van der Waals surface area contributed by atoms with Crippen LogP contribution in [0.3, 0.4) is 0 Å². The molecule has 3 rings (SSSR count). The molecule has 100 valence electrons. The molecule has 0 radical (unpaired) electrons. The van der Waals surface area contributed by atoms with Crippen LogP contribution in [0.2, 0.25) is 0 Å². The van der Waals surface area contributed by atoms with E-state index >= 15 is 0 Å². The minimum absolute atomic E-state index is 0.604. The van der Waals surface area contributed by atoms with Crippen molar-refractivity contribution >= 4 is 0 Å². The third kappa shape index (κ3) is 2.71. The SMILES string of the molecule is Cc1cc(CNCc2cccc3c2OCCO3)no1. The summed E-state index contributed by atoms with van der Waals surface area (Å²) in [7, 11) is 0. The van der Waals surface area contributed by atoms with Crippen LogP contribution in [0.25, 0.3) is 0 Å². The van der Waals surface area contributed by atoms with Gasteiger partial charge in [-0.05, 0) is 13.0 Å². The van der Waals surface area contributed by atoms with Crippen molar-refractivity contribution in [2.24, 2.45) is 0 Å². The molecule has 5 heteroatoms. The Labute approximate surface area is 111 Å². The van der Waals surface area contributed by atoms with E-state index in [4.69, 9.17) is 14.0 Å². The number of hydrogen-bond acceptors (Lipinski definition) is 5. The van der Waals surface area contributed by atoms with Gasteiger partial charge in [0, 0.05) is 24.7 Å². The van der Waals surface area contributed by atoms with Crippen molar-refractivity contribution in [3.63, 3.8) is 0 Å². The van der Waals surface area contributed by atoms with Gasteiger partial charge in [0.25, 0.3) is 0 Å². The highest BCUT2D eigenvalue weighted by Gasteiger charge is 2.15. The molecule has 0 unspecified atom stereocenters. The van der Waals surface area contributed by atoms with Gasteiger partial charge in [-0.1, -0.05) is 17.3 Å². The number of aromatic nitrogens is 1. The van der Waals surface area contributed by atoms with Gasteiger partial charge in [-0.3, -0.25) is 0 Å². The van der Waals surface area contributed by atoms with E-state index in [0.717, 1.165) is 28.5 Å². The van der Waals surface area contributed by atoms with Crippen LogP contribution in [0.5, 0.6) is 11.5 Å². The van der Waals surface area contributed by atoms with Gasteiger partial charge in [0.15, 0.2) is 11.5 Å². The van der Waals surface area contributed by atoms with E-state index in [-0.39, 0.29) is 0 Å². The number of para-hydroxylation sites is 1. The minimum Gasteiger partial charge on any atom is -0.486 e. The fraction of sp³-hybridized carbons (Fsp3) is 0.357.